The molecule has 1 heterocycles. The van der Waals surface area contributed by atoms with Crippen LogP contribution in [0, 0.1) is 0 Å². The van der Waals surface area contributed by atoms with E-state index in [1.165, 1.54) is 11.1 Å². The van der Waals surface area contributed by atoms with Crippen LogP contribution in [0.15, 0.2) is 60.7 Å². The summed E-state index contributed by atoms with van der Waals surface area (Å²) >= 11 is 0. The summed E-state index contributed by atoms with van der Waals surface area (Å²) in [6.45, 7) is 3.19. The summed E-state index contributed by atoms with van der Waals surface area (Å²) in [5, 5.41) is 8.79. The van der Waals surface area contributed by atoms with Crippen molar-refractivity contribution in [2.45, 2.75) is 12.5 Å². The molecule has 5 heteroatoms. The number of carbonyl (C=O) groups excluding carboxylic acids is 1. The van der Waals surface area contributed by atoms with Crippen molar-refractivity contribution >= 4 is 6.09 Å². The molecule has 0 unspecified atom stereocenters. The quantitative estimate of drug-likeness (QED) is 0.811. The highest BCUT2D eigenvalue weighted by molar-refractivity contribution is 5.67. The number of aliphatic hydroxyl groups excluding tert-OH is 1. The number of hydrogen-bond acceptors (Lipinski definition) is 4. The second-order valence-corrected chi connectivity index (χ2v) is 6.44. The predicted molar refractivity (Wildman–Crippen MR) is 101 cm³/mol. The minimum atomic E-state index is -0.283. The SMILES string of the molecule is O=C(OCCCO)N1CCN(C(c2ccccc2)c2ccccc2)CC1. The van der Waals surface area contributed by atoms with Gasteiger partial charge in [-0.25, -0.2) is 4.79 Å². The first-order valence-corrected chi connectivity index (χ1v) is 9.16. The molecule has 0 saturated carbocycles. The molecular weight excluding hydrogens is 328 g/mol. The van der Waals surface area contributed by atoms with Crippen LogP contribution in [0.3, 0.4) is 0 Å². The fourth-order valence-electron chi connectivity index (χ4n) is 3.36. The summed E-state index contributed by atoms with van der Waals surface area (Å²) in [5.74, 6) is 0. The predicted octanol–water partition coefficient (Wildman–Crippen LogP) is 2.91. The maximum absolute atomic E-state index is 12.1. The lowest BCUT2D eigenvalue weighted by Gasteiger charge is -2.39. The number of benzene rings is 2. The topological polar surface area (TPSA) is 53.0 Å². The molecule has 1 saturated heterocycles. The Morgan fingerprint density at radius 1 is 0.923 bits per heavy atom. The van der Waals surface area contributed by atoms with Gasteiger partial charge >= 0.3 is 6.09 Å². The van der Waals surface area contributed by atoms with Crippen molar-refractivity contribution in [2.75, 3.05) is 39.4 Å². The third kappa shape index (κ3) is 4.62. The number of piperazine rings is 1. The highest BCUT2D eigenvalue weighted by Gasteiger charge is 2.28. The van der Waals surface area contributed by atoms with Gasteiger partial charge in [0.2, 0.25) is 0 Å². The van der Waals surface area contributed by atoms with E-state index in [-0.39, 0.29) is 25.3 Å². The van der Waals surface area contributed by atoms with Gasteiger partial charge in [0, 0.05) is 39.2 Å². The van der Waals surface area contributed by atoms with E-state index in [0.717, 1.165) is 13.1 Å². The second kappa shape index (κ2) is 9.36. The maximum Gasteiger partial charge on any atom is 0.409 e. The molecular formula is C21H26N2O3. The highest BCUT2D eigenvalue weighted by Crippen LogP contribution is 2.29. The lowest BCUT2D eigenvalue weighted by Crippen LogP contribution is -2.50. The van der Waals surface area contributed by atoms with Crippen LogP contribution in [0.2, 0.25) is 0 Å². The van der Waals surface area contributed by atoms with E-state index in [2.05, 4.69) is 53.4 Å². The van der Waals surface area contributed by atoms with Crippen molar-refractivity contribution in [1.82, 2.24) is 9.80 Å². The number of rotatable bonds is 6. The van der Waals surface area contributed by atoms with Gasteiger partial charge in [0.05, 0.1) is 12.6 Å². The molecule has 3 rings (SSSR count). The number of nitrogens with zero attached hydrogens (tertiary/aromatic N) is 2. The van der Waals surface area contributed by atoms with E-state index >= 15 is 0 Å². The molecule has 0 radical (unpaired) electrons. The Labute approximate surface area is 154 Å². The van der Waals surface area contributed by atoms with Crippen LogP contribution in [0.1, 0.15) is 23.6 Å². The second-order valence-electron chi connectivity index (χ2n) is 6.44. The first-order valence-electron chi connectivity index (χ1n) is 9.16. The van der Waals surface area contributed by atoms with Gasteiger partial charge in [0.25, 0.3) is 0 Å². The molecule has 138 valence electrons. The molecule has 1 amide bonds. The number of aliphatic hydroxyl groups is 1. The molecule has 0 spiro atoms. The molecule has 0 aromatic heterocycles. The molecule has 26 heavy (non-hydrogen) atoms. The number of amides is 1. The van der Waals surface area contributed by atoms with Gasteiger partial charge in [-0.2, -0.15) is 0 Å². The summed E-state index contributed by atoms with van der Waals surface area (Å²) in [6.07, 6.45) is 0.199. The van der Waals surface area contributed by atoms with Gasteiger partial charge in [-0.05, 0) is 11.1 Å². The van der Waals surface area contributed by atoms with E-state index in [9.17, 15) is 4.79 Å². The molecule has 0 atom stereocenters. The van der Waals surface area contributed by atoms with E-state index in [0.29, 0.717) is 19.5 Å². The molecule has 5 nitrogen and oxygen atoms in total. The summed E-state index contributed by atoms with van der Waals surface area (Å²) in [4.78, 5) is 16.3. The first-order chi connectivity index (χ1) is 12.8. The molecule has 2 aromatic rings. The minimum absolute atomic E-state index is 0.0386. The fraction of sp³-hybridized carbons (Fsp3) is 0.381. The Morgan fingerprint density at radius 3 is 1.96 bits per heavy atom. The summed E-state index contributed by atoms with van der Waals surface area (Å²) in [7, 11) is 0. The van der Waals surface area contributed by atoms with Gasteiger partial charge in [-0.3, -0.25) is 4.90 Å². The van der Waals surface area contributed by atoms with Crippen molar-refractivity contribution in [1.29, 1.82) is 0 Å². The van der Waals surface area contributed by atoms with E-state index in [1.807, 2.05) is 12.1 Å². The molecule has 1 fully saturated rings. The summed E-state index contributed by atoms with van der Waals surface area (Å²) in [5.41, 5.74) is 2.52. The normalized spacial score (nSPS) is 15.2. The van der Waals surface area contributed by atoms with Crippen molar-refractivity contribution in [3.8, 4) is 0 Å². The molecule has 1 N–H and O–H groups in total. The zero-order chi connectivity index (χ0) is 18.2. The van der Waals surface area contributed by atoms with Crippen molar-refractivity contribution in [3.05, 3.63) is 71.8 Å². The largest absolute Gasteiger partial charge is 0.449 e. The number of ether oxygens (including phenoxy) is 1. The zero-order valence-electron chi connectivity index (χ0n) is 15.0. The Kier molecular flexibility index (Phi) is 6.63. The van der Waals surface area contributed by atoms with Crippen LogP contribution in [0.4, 0.5) is 4.79 Å². The molecule has 2 aromatic carbocycles. The van der Waals surface area contributed by atoms with E-state index in [4.69, 9.17) is 9.84 Å². The van der Waals surface area contributed by atoms with Gasteiger partial charge < -0.3 is 14.7 Å². The van der Waals surface area contributed by atoms with Crippen LogP contribution < -0.4 is 0 Å². The Morgan fingerprint density at radius 2 is 1.46 bits per heavy atom. The summed E-state index contributed by atoms with van der Waals surface area (Å²) in [6, 6.07) is 21.2. The summed E-state index contributed by atoms with van der Waals surface area (Å²) < 4.78 is 5.20. The van der Waals surface area contributed by atoms with Crippen molar-refractivity contribution in [2.24, 2.45) is 0 Å². The molecule has 1 aliphatic rings. The molecule has 1 aliphatic heterocycles. The Hall–Kier alpha value is -2.37. The Bertz CT molecular complexity index is 631. The van der Waals surface area contributed by atoms with Crippen LogP contribution in [0.5, 0.6) is 0 Å². The van der Waals surface area contributed by atoms with Gasteiger partial charge in [0.15, 0.2) is 0 Å². The van der Waals surface area contributed by atoms with Gasteiger partial charge in [-0.1, -0.05) is 60.7 Å². The number of carbonyl (C=O) groups is 1. The lowest BCUT2D eigenvalue weighted by atomic mass is 9.96. The lowest BCUT2D eigenvalue weighted by molar-refractivity contribution is 0.0652. The average molecular weight is 354 g/mol. The van der Waals surface area contributed by atoms with E-state index < -0.39 is 0 Å². The van der Waals surface area contributed by atoms with Gasteiger partial charge in [-0.15, -0.1) is 0 Å². The standard InChI is InChI=1S/C21H26N2O3/c24-16-7-17-26-21(25)23-14-12-22(13-15-23)20(18-8-3-1-4-9-18)19-10-5-2-6-11-19/h1-6,8-11,20,24H,7,12-17H2. The Balaban J connectivity index is 1.67. The number of hydrogen-bond donors (Lipinski definition) is 1. The van der Waals surface area contributed by atoms with E-state index in [1.54, 1.807) is 4.90 Å². The highest BCUT2D eigenvalue weighted by atomic mass is 16.6. The van der Waals surface area contributed by atoms with Crippen LogP contribution in [-0.2, 0) is 4.74 Å². The van der Waals surface area contributed by atoms with Crippen molar-refractivity contribution < 1.29 is 14.6 Å². The maximum atomic E-state index is 12.1. The third-order valence-electron chi connectivity index (χ3n) is 4.70. The monoisotopic (exact) mass is 354 g/mol. The van der Waals surface area contributed by atoms with Gasteiger partial charge in [0.1, 0.15) is 0 Å². The smallest absolute Gasteiger partial charge is 0.409 e. The first kappa shape index (κ1) is 18.4. The molecule has 0 bridgehead atoms. The average Bonchev–Trinajstić information content (AvgIpc) is 2.70. The van der Waals surface area contributed by atoms with Crippen molar-refractivity contribution in [3.63, 3.8) is 0 Å². The molecule has 0 aliphatic carbocycles. The van der Waals surface area contributed by atoms with Crippen LogP contribution in [-0.4, -0.2) is 60.4 Å². The van der Waals surface area contributed by atoms with Crippen LogP contribution >= 0.6 is 0 Å². The third-order valence-corrected chi connectivity index (χ3v) is 4.70. The van der Waals surface area contributed by atoms with Crippen LogP contribution in [0.25, 0.3) is 0 Å². The minimum Gasteiger partial charge on any atom is -0.449 e. The fourth-order valence-corrected chi connectivity index (χ4v) is 3.36. The zero-order valence-corrected chi connectivity index (χ0v) is 15.0.